The molecule has 3 aromatic carbocycles. The third-order valence-electron chi connectivity index (χ3n) is 6.59. The van der Waals surface area contributed by atoms with E-state index in [4.69, 9.17) is 0 Å². The molecule has 169 valence electrons. The maximum absolute atomic E-state index is 2.51. The average Bonchev–Trinajstić information content (AvgIpc) is 3.33. The number of fused-ring (bicyclic) bond motifs is 3. The van der Waals surface area contributed by atoms with Crippen LogP contribution in [-0.4, -0.2) is 0 Å². The first kappa shape index (κ1) is 29.3. The van der Waals surface area contributed by atoms with Crippen LogP contribution >= 0.6 is 0 Å². The molecule has 0 saturated carbocycles. The predicted molar refractivity (Wildman–Crippen MR) is 130 cm³/mol. The summed E-state index contributed by atoms with van der Waals surface area (Å²) < 4.78 is 0. The molecule has 0 fully saturated rings. The van der Waals surface area contributed by atoms with Gasteiger partial charge in [-0.3, -0.25) is 0 Å². The van der Waals surface area contributed by atoms with Gasteiger partial charge in [-0.25, -0.2) is 0 Å². The van der Waals surface area contributed by atoms with E-state index in [0.29, 0.717) is 0 Å². The number of benzene rings is 2. The van der Waals surface area contributed by atoms with Crippen molar-refractivity contribution in [1.29, 1.82) is 0 Å². The summed E-state index contributed by atoms with van der Waals surface area (Å²) in [6.07, 6.45) is 15.1. The Morgan fingerprint density at radius 3 is 2.09 bits per heavy atom. The Balaban J connectivity index is 0.00000171. The third kappa shape index (κ3) is 5.16. The molecule has 4 rings (SSSR count). The van der Waals surface area contributed by atoms with Crippen LogP contribution in [0.4, 0.5) is 0 Å². The van der Waals surface area contributed by atoms with Crippen LogP contribution in [0.5, 0.6) is 0 Å². The Hall–Kier alpha value is -0.747. The minimum absolute atomic E-state index is 0. The summed E-state index contributed by atoms with van der Waals surface area (Å²) in [5, 5.41) is 6.06. The molecule has 32 heavy (non-hydrogen) atoms. The Morgan fingerprint density at radius 1 is 0.844 bits per heavy atom. The number of hydrogen-bond acceptors (Lipinski definition) is 0. The number of allylic oxidation sites excluding steroid dienone is 4. The van der Waals surface area contributed by atoms with Crippen molar-refractivity contribution in [3.63, 3.8) is 0 Å². The van der Waals surface area contributed by atoms with Crippen molar-refractivity contribution in [2.24, 2.45) is 0 Å². The first-order valence-corrected chi connectivity index (χ1v) is 11.6. The monoisotopic (exact) mass is 543 g/mol. The predicted octanol–water partition coefficient (Wildman–Crippen LogP) is 2.54. The van der Waals surface area contributed by atoms with E-state index in [9.17, 15) is 0 Å². The van der Waals surface area contributed by atoms with Crippen molar-refractivity contribution < 1.29 is 51.0 Å². The fourth-order valence-corrected chi connectivity index (χ4v) is 5.54. The van der Waals surface area contributed by atoms with E-state index in [-0.39, 0.29) is 51.0 Å². The molecule has 0 heterocycles. The van der Waals surface area contributed by atoms with Crippen molar-refractivity contribution in [3.8, 4) is 0 Å². The topological polar surface area (TPSA) is 0 Å². The Bertz CT molecular complexity index is 1130. The number of hydrogen-bond donors (Lipinski definition) is 0. The fraction of sp³-hybridized carbons (Fsp3) is 0.414. The van der Waals surface area contributed by atoms with E-state index in [1.54, 1.807) is 27.5 Å². The molecule has 1 aliphatic rings. The molecule has 0 atom stereocenters. The molecule has 0 spiro atoms. The standard InChI is InChI=1S/C29H35.2ClH.Zr/c1-6-11-22-16-19(4)17-23-18-26-27(21-14-9-10-15-21)20(5)24(12-7-2)25(13-8-3)29(26)28(22)23;;;/h9-10,14,16-18H,6-8,11-13,15H2,1-5H3;2*1H;/q-1;;;+3/p-2. The zero-order valence-corrected chi connectivity index (χ0v) is 24.1. The Labute approximate surface area is 226 Å². The van der Waals surface area contributed by atoms with Crippen LogP contribution in [0.1, 0.15) is 79.8 Å². The minimum Gasteiger partial charge on any atom is -1.00 e. The molecule has 1 aliphatic carbocycles. The van der Waals surface area contributed by atoms with Gasteiger partial charge >= 0.3 is 26.2 Å². The van der Waals surface area contributed by atoms with Crippen LogP contribution in [0.25, 0.3) is 27.1 Å². The minimum atomic E-state index is 0. The third-order valence-corrected chi connectivity index (χ3v) is 6.59. The zero-order chi connectivity index (χ0) is 20.5. The summed E-state index contributed by atoms with van der Waals surface area (Å²) in [4.78, 5) is 0. The van der Waals surface area contributed by atoms with Crippen molar-refractivity contribution in [3.05, 3.63) is 69.8 Å². The van der Waals surface area contributed by atoms with Gasteiger partial charge in [-0.2, -0.15) is 0 Å². The van der Waals surface area contributed by atoms with Crippen molar-refractivity contribution in [1.82, 2.24) is 0 Å². The van der Waals surface area contributed by atoms with E-state index in [1.807, 2.05) is 0 Å². The normalized spacial score (nSPS) is 12.5. The molecule has 0 bridgehead atoms. The first-order valence-electron chi connectivity index (χ1n) is 11.6. The molecular weight excluding hydrogens is 510 g/mol. The summed E-state index contributed by atoms with van der Waals surface area (Å²) in [6, 6.07) is 7.35. The molecular formula is C29H35Cl2Zr. The van der Waals surface area contributed by atoms with Gasteiger partial charge in [-0.05, 0) is 39.5 Å². The van der Waals surface area contributed by atoms with Gasteiger partial charge in [-0.15, -0.1) is 33.7 Å². The SMILES string of the molecule is CCCc1c(C)c(C2=CC=CC2)c2[cH-]c3cc(C)cc(CCC)c3c2c1CCC.[Cl-].[Cl-].[Zr+3]. The summed E-state index contributed by atoms with van der Waals surface area (Å²) in [7, 11) is 0. The van der Waals surface area contributed by atoms with Gasteiger partial charge in [0, 0.05) is 0 Å². The van der Waals surface area contributed by atoms with Crippen LogP contribution in [0.3, 0.4) is 0 Å². The molecule has 0 aliphatic heterocycles. The molecule has 0 saturated heterocycles. The number of halogens is 2. The summed E-state index contributed by atoms with van der Waals surface area (Å²) >= 11 is 0. The maximum atomic E-state index is 2.51. The van der Waals surface area contributed by atoms with Crippen LogP contribution in [0.15, 0.2) is 36.4 Å². The van der Waals surface area contributed by atoms with Crippen LogP contribution in [0.2, 0.25) is 0 Å². The van der Waals surface area contributed by atoms with Gasteiger partial charge < -0.3 is 24.8 Å². The summed E-state index contributed by atoms with van der Waals surface area (Å²) in [6.45, 7) is 11.6. The van der Waals surface area contributed by atoms with Crippen molar-refractivity contribution >= 4 is 27.1 Å². The summed E-state index contributed by atoms with van der Waals surface area (Å²) in [5.41, 5.74) is 10.7. The quantitative estimate of drug-likeness (QED) is 0.401. The van der Waals surface area contributed by atoms with Crippen molar-refractivity contribution in [2.75, 3.05) is 0 Å². The van der Waals surface area contributed by atoms with Gasteiger partial charge in [0.15, 0.2) is 0 Å². The molecule has 0 aromatic heterocycles. The van der Waals surface area contributed by atoms with Gasteiger partial charge in [0.2, 0.25) is 0 Å². The van der Waals surface area contributed by atoms with E-state index < -0.39 is 0 Å². The van der Waals surface area contributed by atoms with E-state index in [2.05, 4.69) is 71.0 Å². The van der Waals surface area contributed by atoms with Crippen molar-refractivity contribution in [2.45, 2.75) is 79.6 Å². The molecule has 3 heteroatoms. The van der Waals surface area contributed by atoms with Gasteiger partial charge in [0.05, 0.1) is 0 Å². The van der Waals surface area contributed by atoms with E-state index in [0.717, 1.165) is 6.42 Å². The molecule has 1 radical (unpaired) electrons. The van der Waals surface area contributed by atoms with Crippen LogP contribution in [-0.2, 0) is 45.5 Å². The average molecular weight is 546 g/mol. The van der Waals surface area contributed by atoms with E-state index >= 15 is 0 Å². The maximum Gasteiger partial charge on any atom is 3.00 e. The van der Waals surface area contributed by atoms with Crippen LogP contribution in [0, 0.1) is 13.8 Å². The molecule has 0 unspecified atom stereocenters. The number of rotatable bonds is 7. The smallest absolute Gasteiger partial charge is 1.00 e. The largest absolute Gasteiger partial charge is 3.00 e. The molecule has 0 amide bonds. The van der Waals surface area contributed by atoms with Gasteiger partial charge in [0.25, 0.3) is 0 Å². The molecule has 0 N–H and O–H groups in total. The fourth-order valence-electron chi connectivity index (χ4n) is 5.54. The molecule has 0 nitrogen and oxygen atoms in total. The molecule has 3 aromatic rings. The van der Waals surface area contributed by atoms with Crippen LogP contribution < -0.4 is 24.8 Å². The first-order chi connectivity index (χ1) is 14.1. The van der Waals surface area contributed by atoms with Gasteiger partial charge in [0.1, 0.15) is 0 Å². The number of aryl methyl sites for hydroxylation is 3. The van der Waals surface area contributed by atoms with Gasteiger partial charge in [-0.1, -0.05) is 103 Å². The Morgan fingerprint density at radius 2 is 1.50 bits per heavy atom. The Kier molecular flexibility index (Phi) is 11.6. The summed E-state index contributed by atoms with van der Waals surface area (Å²) in [5.74, 6) is 0. The second-order valence-electron chi connectivity index (χ2n) is 8.85. The zero-order valence-electron chi connectivity index (χ0n) is 20.2. The van der Waals surface area contributed by atoms with E-state index in [1.165, 1.54) is 71.6 Å². The second-order valence-corrected chi connectivity index (χ2v) is 8.85. The second kappa shape index (κ2) is 12.6.